The number of nitrogens with zero attached hydrogens (tertiary/aromatic N) is 2. The molecule has 2 nitrogen and oxygen atoms in total. The molecule has 0 fully saturated rings. The molecule has 0 radical (unpaired) electrons. The first-order chi connectivity index (χ1) is 8.70. The van der Waals surface area contributed by atoms with Crippen LogP contribution in [0.2, 0.25) is 0 Å². The summed E-state index contributed by atoms with van der Waals surface area (Å²) in [5.41, 5.74) is 3.44. The predicted octanol–water partition coefficient (Wildman–Crippen LogP) is 4.52. The first-order valence-corrected chi connectivity index (χ1v) is 6.27. The summed E-state index contributed by atoms with van der Waals surface area (Å²) in [5, 5.41) is 7.81. The lowest BCUT2D eigenvalue weighted by Crippen LogP contribution is -1.96. The maximum absolute atomic E-state index is 3.96. The zero-order valence-electron chi connectivity index (χ0n) is 12.5. The van der Waals surface area contributed by atoms with Crippen molar-refractivity contribution in [1.29, 1.82) is 0 Å². The molecule has 0 unspecified atom stereocenters. The lowest BCUT2D eigenvalue weighted by Gasteiger charge is -2.05. The van der Waals surface area contributed by atoms with Crippen molar-refractivity contribution in [3.63, 3.8) is 0 Å². The monoisotopic (exact) mass is 244 g/mol. The standard InChI is InChI=1S/C12H12N2.2C2H6/c1-5-7-9(3)12-10(4)14-13-8-11(12)6-2;2*1-2/h6,8H,2-3H2,1,4H3;2*1-2H3. The molecule has 0 bridgehead atoms. The second-order valence-electron chi connectivity index (χ2n) is 2.82. The minimum atomic E-state index is 0.759. The van der Waals surface area contributed by atoms with Crippen LogP contribution in [0.15, 0.2) is 19.4 Å². The van der Waals surface area contributed by atoms with E-state index in [1.807, 2.05) is 34.6 Å². The molecule has 1 heterocycles. The fourth-order valence-corrected chi connectivity index (χ4v) is 1.26. The van der Waals surface area contributed by atoms with Gasteiger partial charge >= 0.3 is 0 Å². The van der Waals surface area contributed by atoms with E-state index in [9.17, 15) is 0 Å². The van der Waals surface area contributed by atoms with Gasteiger partial charge in [0.25, 0.3) is 0 Å². The minimum Gasteiger partial charge on any atom is -0.158 e. The summed E-state index contributed by atoms with van der Waals surface area (Å²) in [4.78, 5) is 0. The van der Waals surface area contributed by atoms with Gasteiger partial charge < -0.3 is 0 Å². The lowest BCUT2D eigenvalue weighted by atomic mass is 10.0. The molecule has 1 aromatic heterocycles. The number of allylic oxidation sites excluding steroid dienone is 1. The highest BCUT2D eigenvalue weighted by Gasteiger charge is 2.06. The molecule has 0 aliphatic rings. The first-order valence-electron chi connectivity index (χ1n) is 6.27. The van der Waals surface area contributed by atoms with E-state index in [1.54, 1.807) is 19.2 Å². The van der Waals surface area contributed by atoms with Gasteiger partial charge in [0.15, 0.2) is 0 Å². The third kappa shape index (κ3) is 5.45. The number of aromatic nitrogens is 2. The SMILES string of the molecule is C=Cc1cnnc(C)c1C(=C)C#CC.CC.CC. The van der Waals surface area contributed by atoms with E-state index in [0.717, 1.165) is 22.4 Å². The molecule has 0 spiro atoms. The van der Waals surface area contributed by atoms with Crippen LogP contribution in [0.1, 0.15) is 51.4 Å². The smallest absolute Gasteiger partial charge is 0.0690 e. The van der Waals surface area contributed by atoms with E-state index in [4.69, 9.17) is 0 Å². The number of hydrogen-bond donors (Lipinski definition) is 0. The molecular formula is C16H24N2. The van der Waals surface area contributed by atoms with E-state index in [0.29, 0.717) is 0 Å². The molecule has 98 valence electrons. The second kappa shape index (κ2) is 11.6. The van der Waals surface area contributed by atoms with Gasteiger partial charge in [-0.05, 0) is 13.8 Å². The Morgan fingerprint density at radius 3 is 2.28 bits per heavy atom. The van der Waals surface area contributed by atoms with Gasteiger partial charge in [0.05, 0.1) is 11.9 Å². The molecule has 0 aliphatic carbocycles. The third-order valence-corrected chi connectivity index (χ3v) is 1.85. The van der Waals surface area contributed by atoms with Crippen molar-refractivity contribution in [2.75, 3.05) is 0 Å². The average Bonchev–Trinajstić information content (AvgIpc) is 2.43. The Kier molecular flexibility index (Phi) is 11.9. The van der Waals surface area contributed by atoms with E-state index >= 15 is 0 Å². The van der Waals surface area contributed by atoms with Gasteiger partial charge in [0, 0.05) is 16.7 Å². The molecule has 1 rings (SSSR count). The lowest BCUT2D eigenvalue weighted by molar-refractivity contribution is 0.970. The summed E-state index contributed by atoms with van der Waals surface area (Å²) < 4.78 is 0. The fraction of sp³-hybridized carbons (Fsp3) is 0.375. The molecule has 2 heteroatoms. The Morgan fingerprint density at radius 1 is 1.28 bits per heavy atom. The van der Waals surface area contributed by atoms with Crippen molar-refractivity contribution in [3.8, 4) is 11.8 Å². The minimum absolute atomic E-state index is 0.759. The van der Waals surface area contributed by atoms with Gasteiger partial charge in [0.1, 0.15) is 0 Å². The fourth-order valence-electron chi connectivity index (χ4n) is 1.26. The Balaban J connectivity index is 0. The van der Waals surface area contributed by atoms with Gasteiger partial charge in [-0.2, -0.15) is 10.2 Å². The Morgan fingerprint density at radius 2 is 1.83 bits per heavy atom. The summed E-state index contributed by atoms with van der Waals surface area (Å²) in [6.07, 6.45) is 3.40. The summed E-state index contributed by atoms with van der Waals surface area (Å²) in [6.45, 7) is 19.3. The first kappa shape index (κ1) is 18.5. The van der Waals surface area contributed by atoms with Gasteiger partial charge in [-0.25, -0.2) is 0 Å². The molecule has 0 atom stereocenters. The van der Waals surface area contributed by atoms with Crippen LogP contribution in [0.3, 0.4) is 0 Å². The van der Waals surface area contributed by atoms with Crippen molar-refractivity contribution < 1.29 is 0 Å². The van der Waals surface area contributed by atoms with E-state index < -0.39 is 0 Å². The van der Waals surface area contributed by atoms with Crippen LogP contribution in [-0.2, 0) is 0 Å². The molecular weight excluding hydrogens is 220 g/mol. The highest BCUT2D eigenvalue weighted by molar-refractivity contribution is 5.82. The molecule has 0 saturated carbocycles. The van der Waals surface area contributed by atoms with Gasteiger partial charge in [-0.3, -0.25) is 0 Å². The predicted molar refractivity (Wildman–Crippen MR) is 82.0 cm³/mol. The van der Waals surface area contributed by atoms with Crippen LogP contribution in [0.4, 0.5) is 0 Å². The van der Waals surface area contributed by atoms with Crippen molar-refractivity contribution in [2.45, 2.75) is 41.5 Å². The number of aryl methyl sites for hydroxylation is 1. The Bertz CT molecular complexity index is 434. The largest absolute Gasteiger partial charge is 0.158 e. The van der Waals surface area contributed by atoms with Crippen LogP contribution >= 0.6 is 0 Å². The van der Waals surface area contributed by atoms with Crippen LogP contribution in [0.5, 0.6) is 0 Å². The third-order valence-electron chi connectivity index (χ3n) is 1.85. The molecule has 0 amide bonds. The maximum Gasteiger partial charge on any atom is 0.0690 e. The molecule has 18 heavy (non-hydrogen) atoms. The van der Waals surface area contributed by atoms with Crippen molar-refractivity contribution >= 4 is 11.6 Å². The van der Waals surface area contributed by atoms with E-state index in [2.05, 4.69) is 35.2 Å². The molecule has 0 saturated heterocycles. The van der Waals surface area contributed by atoms with Crippen molar-refractivity contribution in [1.82, 2.24) is 10.2 Å². The average molecular weight is 244 g/mol. The van der Waals surface area contributed by atoms with Gasteiger partial charge in [-0.15, -0.1) is 5.92 Å². The zero-order valence-corrected chi connectivity index (χ0v) is 12.5. The Labute approximate surface area is 112 Å². The number of hydrogen-bond acceptors (Lipinski definition) is 2. The number of rotatable bonds is 2. The quantitative estimate of drug-likeness (QED) is 0.715. The summed E-state index contributed by atoms with van der Waals surface area (Å²) in [5.74, 6) is 5.73. The van der Waals surface area contributed by atoms with Crippen molar-refractivity contribution in [3.05, 3.63) is 36.2 Å². The van der Waals surface area contributed by atoms with Crippen LogP contribution < -0.4 is 0 Å². The summed E-state index contributed by atoms with van der Waals surface area (Å²) in [7, 11) is 0. The normalized spacial score (nSPS) is 7.44. The Hall–Kier alpha value is -1.88. The molecule has 1 aromatic rings. The van der Waals surface area contributed by atoms with Crippen LogP contribution in [0.25, 0.3) is 11.6 Å². The molecule has 0 aliphatic heterocycles. The van der Waals surface area contributed by atoms with E-state index in [1.165, 1.54) is 0 Å². The summed E-state index contributed by atoms with van der Waals surface area (Å²) in [6, 6.07) is 0. The molecule has 0 aromatic carbocycles. The summed E-state index contributed by atoms with van der Waals surface area (Å²) >= 11 is 0. The van der Waals surface area contributed by atoms with Crippen LogP contribution in [-0.4, -0.2) is 10.2 Å². The van der Waals surface area contributed by atoms with Gasteiger partial charge in [0.2, 0.25) is 0 Å². The highest BCUT2D eigenvalue weighted by Crippen LogP contribution is 2.19. The molecule has 0 N–H and O–H groups in total. The highest BCUT2D eigenvalue weighted by atomic mass is 15.1. The zero-order chi connectivity index (χ0) is 14.6. The topological polar surface area (TPSA) is 25.8 Å². The van der Waals surface area contributed by atoms with Crippen molar-refractivity contribution in [2.24, 2.45) is 0 Å². The van der Waals surface area contributed by atoms with E-state index in [-0.39, 0.29) is 0 Å². The second-order valence-corrected chi connectivity index (χ2v) is 2.82. The van der Waals surface area contributed by atoms with Crippen LogP contribution in [0, 0.1) is 18.8 Å². The van der Waals surface area contributed by atoms with Gasteiger partial charge in [-0.1, -0.05) is 52.8 Å². The maximum atomic E-state index is 3.96.